The van der Waals surface area contributed by atoms with Gasteiger partial charge in [-0.05, 0) is 25.2 Å². The molecule has 0 spiro atoms. The highest BCUT2D eigenvalue weighted by Crippen LogP contribution is 2.28. The van der Waals surface area contributed by atoms with Crippen molar-refractivity contribution in [3.8, 4) is 0 Å². The lowest BCUT2D eigenvalue weighted by atomic mass is 9.81. The van der Waals surface area contributed by atoms with Gasteiger partial charge >= 0.3 is 5.97 Å². The first-order chi connectivity index (χ1) is 12.1. The molecular weight excluding hydrogens is 340 g/mol. The normalized spacial score (nSPS) is 16.1. The Bertz CT molecular complexity index is 591. The van der Waals surface area contributed by atoms with Crippen LogP contribution in [0, 0.1) is 0 Å². The molecule has 0 unspecified atom stereocenters. The quantitative estimate of drug-likeness (QED) is 0.682. The fraction of sp³-hybridized carbons (Fsp3) is 0.647. The Balaban J connectivity index is 2.02. The van der Waals surface area contributed by atoms with E-state index >= 15 is 0 Å². The number of hydrogen-bond acceptors (Lipinski definition) is 7. The predicted molar refractivity (Wildman–Crippen MR) is 98.8 cm³/mol. The van der Waals surface area contributed by atoms with Gasteiger partial charge in [0.15, 0.2) is 0 Å². The zero-order valence-corrected chi connectivity index (χ0v) is 15.7. The maximum Gasteiger partial charge on any atom is 0.376 e. The summed E-state index contributed by atoms with van der Waals surface area (Å²) in [6.07, 6.45) is 9.33. The molecule has 1 fully saturated rings. The Hall–Kier alpha value is -1.83. The number of nitrogens with one attached hydrogen (secondary N) is 2. The van der Waals surface area contributed by atoms with Gasteiger partial charge in [0.25, 0.3) is 0 Å². The van der Waals surface area contributed by atoms with E-state index in [4.69, 9.17) is 0 Å². The summed E-state index contributed by atoms with van der Waals surface area (Å²) in [5.74, 6) is 0.925. The summed E-state index contributed by atoms with van der Waals surface area (Å²) < 4.78 is 4.64. The van der Waals surface area contributed by atoms with Gasteiger partial charge in [-0.15, -0.1) is 0 Å². The molecule has 1 aromatic rings. The number of esters is 1. The predicted octanol–water partition coefficient (Wildman–Crippen LogP) is 2.25. The van der Waals surface area contributed by atoms with Crippen LogP contribution in [-0.4, -0.2) is 53.0 Å². The molecule has 0 saturated heterocycles. The van der Waals surface area contributed by atoms with E-state index in [0.717, 1.165) is 31.4 Å². The molecule has 0 aliphatic heterocycles. The smallest absolute Gasteiger partial charge is 0.376 e. The zero-order chi connectivity index (χ0) is 18.1. The van der Waals surface area contributed by atoms with E-state index in [1.54, 1.807) is 17.8 Å². The van der Waals surface area contributed by atoms with Gasteiger partial charge in [-0.3, -0.25) is 4.79 Å². The maximum absolute atomic E-state index is 12.2. The van der Waals surface area contributed by atoms with Crippen LogP contribution in [-0.2, 0) is 9.53 Å². The highest BCUT2D eigenvalue weighted by Gasteiger charge is 2.33. The second-order valence-electron chi connectivity index (χ2n) is 6.24. The van der Waals surface area contributed by atoms with Crippen LogP contribution in [0.25, 0.3) is 0 Å². The van der Waals surface area contributed by atoms with Crippen molar-refractivity contribution in [2.75, 3.05) is 31.0 Å². The third kappa shape index (κ3) is 5.88. The van der Waals surface area contributed by atoms with Crippen LogP contribution in [0.4, 0.5) is 5.82 Å². The monoisotopic (exact) mass is 366 g/mol. The van der Waals surface area contributed by atoms with Crippen LogP contribution in [0.5, 0.6) is 0 Å². The first-order valence-electron chi connectivity index (χ1n) is 8.54. The molecule has 0 aromatic carbocycles. The molecule has 2 N–H and O–H groups in total. The summed E-state index contributed by atoms with van der Waals surface area (Å²) in [6, 6.07) is 1.71. The molecule has 2 rings (SSSR count). The van der Waals surface area contributed by atoms with Crippen molar-refractivity contribution in [2.24, 2.45) is 0 Å². The Labute approximate surface area is 152 Å². The number of aromatic nitrogens is 2. The molecule has 1 saturated carbocycles. The summed E-state index contributed by atoms with van der Waals surface area (Å²) in [4.78, 5) is 31.9. The Kier molecular flexibility index (Phi) is 7.49. The number of methoxy groups -OCH3 is 1. The number of carbonyl (C=O) groups is 2. The molecule has 1 aliphatic rings. The number of ether oxygens (including phenoxy) is 1. The largest absolute Gasteiger partial charge is 0.463 e. The molecule has 1 heterocycles. The van der Waals surface area contributed by atoms with Gasteiger partial charge in [0.05, 0.1) is 12.6 Å². The van der Waals surface area contributed by atoms with Crippen LogP contribution in [0.2, 0.25) is 0 Å². The zero-order valence-electron chi connectivity index (χ0n) is 14.8. The summed E-state index contributed by atoms with van der Waals surface area (Å²) in [7, 11) is 1.30. The van der Waals surface area contributed by atoms with E-state index in [2.05, 4.69) is 25.3 Å². The first kappa shape index (κ1) is 19.5. The molecule has 8 heteroatoms. The van der Waals surface area contributed by atoms with Crippen LogP contribution < -0.4 is 10.6 Å². The highest BCUT2D eigenvalue weighted by atomic mass is 32.2. The minimum Gasteiger partial charge on any atom is -0.463 e. The molecule has 0 radical (unpaired) electrons. The SMILES string of the molecule is COC(=O)c1nccc(NCC2(NC(=O)CCSC)CCCCC2)n1. The molecule has 1 amide bonds. The summed E-state index contributed by atoms with van der Waals surface area (Å²) in [5.41, 5.74) is -0.260. The van der Waals surface area contributed by atoms with Crippen molar-refractivity contribution in [1.29, 1.82) is 0 Å². The van der Waals surface area contributed by atoms with Gasteiger partial charge in [-0.25, -0.2) is 14.8 Å². The van der Waals surface area contributed by atoms with Crippen LogP contribution in [0.3, 0.4) is 0 Å². The molecule has 1 aliphatic carbocycles. The van der Waals surface area contributed by atoms with E-state index in [-0.39, 0.29) is 17.3 Å². The average Bonchev–Trinajstić information content (AvgIpc) is 2.65. The fourth-order valence-corrected chi connectivity index (χ4v) is 3.42. The van der Waals surface area contributed by atoms with Gasteiger partial charge in [0.1, 0.15) is 5.82 Å². The number of rotatable bonds is 8. The van der Waals surface area contributed by atoms with E-state index in [1.807, 2.05) is 6.26 Å². The number of amides is 1. The Morgan fingerprint density at radius 1 is 1.32 bits per heavy atom. The number of hydrogen-bond donors (Lipinski definition) is 2. The minimum atomic E-state index is -0.568. The van der Waals surface area contributed by atoms with Crippen molar-refractivity contribution in [1.82, 2.24) is 15.3 Å². The van der Waals surface area contributed by atoms with Crippen molar-refractivity contribution >= 4 is 29.5 Å². The lowest BCUT2D eigenvalue weighted by Gasteiger charge is -2.38. The molecule has 138 valence electrons. The van der Waals surface area contributed by atoms with Gasteiger partial charge in [-0.1, -0.05) is 19.3 Å². The van der Waals surface area contributed by atoms with Crippen molar-refractivity contribution in [3.63, 3.8) is 0 Å². The molecule has 1 aromatic heterocycles. The van der Waals surface area contributed by atoms with Crippen molar-refractivity contribution in [2.45, 2.75) is 44.1 Å². The number of carbonyl (C=O) groups excluding carboxylic acids is 2. The third-order valence-corrected chi connectivity index (χ3v) is 4.99. The Morgan fingerprint density at radius 3 is 2.76 bits per heavy atom. The molecular formula is C17H26N4O3S. The van der Waals surface area contributed by atoms with Gasteiger partial charge in [0, 0.05) is 24.9 Å². The Morgan fingerprint density at radius 2 is 2.08 bits per heavy atom. The third-order valence-electron chi connectivity index (χ3n) is 4.38. The maximum atomic E-state index is 12.2. The minimum absolute atomic E-state index is 0.0224. The summed E-state index contributed by atoms with van der Waals surface area (Å²) in [5, 5.41) is 6.49. The fourth-order valence-electron chi connectivity index (χ4n) is 3.03. The van der Waals surface area contributed by atoms with Gasteiger partial charge in [-0.2, -0.15) is 11.8 Å². The second kappa shape index (κ2) is 9.60. The molecule has 0 bridgehead atoms. The van der Waals surface area contributed by atoms with Crippen molar-refractivity contribution in [3.05, 3.63) is 18.1 Å². The summed E-state index contributed by atoms with van der Waals surface area (Å²) in [6.45, 7) is 0.579. The second-order valence-corrected chi connectivity index (χ2v) is 7.23. The highest BCUT2D eigenvalue weighted by molar-refractivity contribution is 7.98. The van der Waals surface area contributed by atoms with Crippen LogP contribution in [0.1, 0.15) is 49.1 Å². The average molecular weight is 366 g/mol. The van der Waals surface area contributed by atoms with Crippen molar-refractivity contribution < 1.29 is 14.3 Å². The standard InChI is InChI=1S/C17H26N4O3S/c1-24-16(23)15-18-10-6-13(20-15)19-12-17(8-4-3-5-9-17)21-14(22)7-11-25-2/h6,10H,3-5,7-9,11-12H2,1-2H3,(H,21,22)(H,18,19,20). The van der Waals surface area contributed by atoms with E-state index in [0.29, 0.717) is 18.8 Å². The number of nitrogens with zero attached hydrogens (tertiary/aromatic N) is 2. The van der Waals surface area contributed by atoms with Gasteiger partial charge < -0.3 is 15.4 Å². The van der Waals surface area contributed by atoms with E-state index in [1.165, 1.54) is 19.7 Å². The lowest BCUT2D eigenvalue weighted by molar-refractivity contribution is -0.122. The molecule has 7 nitrogen and oxygen atoms in total. The number of thioether (sulfide) groups is 1. The van der Waals surface area contributed by atoms with E-state index in [9.17, 15) is 9.59 Å². The van der Waals surface area contributed by atoms with Crippen LogP contribution >= 0.6 is 11.8 Å². The molecule has 25 heavy (non-hydrogen) atoms. The lowest BCUT2D eigenvalue weighted by Crippen LogP contribution is -2.54. The topological polar surface area (TPSA) is 93.2 Å². The van der Waals surface area contributed by atoms with Gasteiger partial charge in [0.2, 0.25) is 11.7 Å². The van der Waals surface area contributed by atoms with E-state index < -0.39 is 5.97 Å². The first-order valence-corrected chi connectivity index (χ1v) is 9.93. The summed E-state index contributed by atoms with van der Waals surface area (Å²) >= 11 is 1.67. The molecule has 0 atom stereocenters. The number of anilines is 1. The van der Waals surface area contributed by atoms with Crippen LogP contribution in [0.15, 0.2) is 12.3 Å².